The Hall–Kier alpha value is -4.39. The van der Waals surface area contributed by atoms with E-state index < -0.39 is 41.3 Å². The van der Waals surface area contributed by atoms with Crippen LogP contribution < -0.4 is 21.7 Å². The number of thiocarbonyl (C=S) groups is 1. The van der Waals surface area contributed by atoms with Crippen LogP contribution in [0.25, 0.3) is 10.9 Å². The summed E-state index contributed by atoms with van der Waals surface area (Å²) in [5.41, 5.74) is 7.84. The minimum absolute atomic E-state index is 0.0730. The topological polar surface area (TPSA) is 159 Å². The lowest BCUT2D eigenvalue weighted by atomic mass is 9.78. The lowest BCUT2D eigenvalue weighted by molar-refractivity contribution is -0.135. The summed E-state index contributed by atoms with van der Waals surface area (Å²) < 4.78 is 19.5. The maximum absolute atomic E-state index is 14.5. The molecule has 10 nitrogen and oxygen atoms in total. The summed E-state index contributed by atoms with van der Waals surface area (Å²) in [5, 5.41) is 19.9. The molecule has 4 aromatic rings. The van der Waals surface area contributed by atoms with E-state index in [1.807, 2.05) is 13.8 Å². The van der Waals surface area contributed by atoms with Crippen LogP contribution in [-0.4, -0.2) is 50.6 Å². The molecule has 51 heavy (non-hydrogen) atoms. The summed E-state index contributed by atoms with van der Waals surface area (Å²) in [7, 11) is 0. The number of rotatable bonds is 13. The number of carbonyl (C=O) groups is 3. The van der Waals surface area contributed by atoms with E-state index in [4.69, 9.17) is 45.9 Å². The van der Waals surface area contributed by atoms with E-state index in [0.717, 1.165) is 22.2 Å². The van der Waals surface area contributed by atoms with E-state index in [2.05, 4.69) is 20.9 Å². The van der Waals surface area contributed by atoms with Gasteiger partial charge in [0.15, 0.2) is 0 Å². The molecular weight excluding hydrogens is 716 g/mol. The third-order valence-corrected chi connectivity index (χ3v) is 10.3. The van der Waals surface area contributed by atoms with Crippen molar-refractivity contribution in [2.24, 2.45) is 11.7 Å². The predicted octanol–water partition coefficient (Wildman–Crippen LogP) is 6.41. The summed E-state index contributed by atoms with van der Waals surface area (Å²) in [5.74, 6) is -1.67. The molecule has 1 aromatic heterocycles. The average Bonchev–Trinajstić information content (AvgIpc) is 3.46. The molecule has 0 radical (unpaired) electrons. The Morgan fingerprint density at radius 3 is 2.53 bits per heavy atom. The zero-order valence-electron chi connectivity index (χ0n) is 28.2. The van der Waals surface area contributed by atoms with E-state index in [9.17, 15) is 23.9 Å². The second-order valence-electron chi connectivity index (χ2n) is 12.9. The lowest BCUT2D eigenvalue weighted by Gasteiger charge is -2.39. The van der Waals surface area contributed by atoms with Gasteiger partial charge in [0.1, 0.15) is 29.8 Å². The Morgan fingerprint density at radius 1 is 1.12 bits per heavy atom. The molecule has 7 N–H and O–H groups in total. The van der Waals surface area contributed by atoms with Gasteiger partial charge in [0.25, 0.3) is 0 Å². The molecule has 0 saturated heterocycles. The number of aromatic amines is 1. The number of aromatic hydroxyl groups is 1. The quantitative estimate of drug-likeness (QED) is 0.0861. The van der Waals surface area contributed by atoms with Crippen molar-refractivity contribution in [2.45, 2.75) is 76.6 Å². The molecule has 1 aliphatic carbocycles. The molecule has 0 fully saturated rings. The second kappa shape index (κ2) is 16.3. The molecule has 1 aliphatic rings. The number of carbonyl (C=O) groups excluding carboxylic acids is 3. The number of nitrogens with one attached hydrogen (secondary N) is 4. The fourth-order valence-corrected chi connectivity index (χ4v) is 7.18. The van der Waals surface area contributed by atoms with Crippen molar-refractivity contribution in [3.8, 4) is 5.75 Å². The summed E-state index contributed by atoms with van der Waals surface area (Å²) in [6, 6.07) is 13.9. The predicted molar refractivity (Wildman–Crippen MR) is 199 cm³/mol. The van der Waals surface area contributed by atoms with E-state index in [0.29, 0.717) is 34.8 Å². The number of hydrogen-bond donors (Lipinski definition) is 6. The molecule has 0 aliphatic heterocycles. The highest BCUT2D eigenvalue weighted by molar-refractivity contribution is 7.80. The smallest absolute Gasteiger partial charge is 0.408 e. The van der Waals surface area contributed by atoms with Crippen LogP contribution in [0.3, 0.4) is 0 Å². The first-order chi connectivity index (χ1) is 24.3. The Labute approximate surface area is 310 Å². The maximum Gasteiger partial charge on any atom is 0.408 e. The number of H-pyrrole nitrogens is 1. The minimum atomic E-state index is -1.50. The number of phenols is 1. The number of phenolic OH excluding ortho intramolecular Hbond substituents is 1. The van der Waals surface area contributed by atoms with Crippen LogP contribution in [0.4, 0.5) is 9.18 Å². The molecule has 0 saturated carbocycles. The van der Waals surface area contributed by atoms with Gasteiger partial charge in [0, 0.05) is 28.1 Å². The fraction of sp³-hybridized carbons (Fsp3) is 0.351. The summed E-state index contributed by atoms with van der Waals surface area (Å²) in [6.07, 6.45) is 0.819. The molecule has 3 amide bonds. The first kappa shape index (κ1) is 37.9. The zero-order valence-corrected chi connectivity index (χ0v) is 30.5. The van der Waals surface area contributed by atoms with Gasteiger partial charge in [-0.25, -0.2) is 9.18 Å². The van der Waals surface area contributed by atoms with Crippen LogP contribution in [0, 0.1) is 11.7 Å². The second-order valence-corrected chi connectivity index (χ2v) is 14.3. The van der Waals surface area contributed by atoms with Crippen molar-refractivity contribution < 1.29 is 28.6 Å². The van der Waals surface area contributed by atoms with Gasteiger partial charge in [-0.2, -0.15) is 0 Å². The number of fused-ring (bicyclic) bond motifs is 3. The van der Waals surface area contributed by atoms with Crippen molar-refractivity contribution in [1.82, 2.24) is 20.9 Å². The first-order valence-electron chi connectivity index (χ1n) is 16.7. The molecule has 5 rings (SSSR count). The number of halogens is 3. The van der Waals surface area contributed by atoms with Crippen LogP contribution in [-0.2, 0) is 40.2 Å². The van der Waals surface area contributed by atoms with Crippen LogP contribution in [0.5, 0.6) is 5.75 Å². The minimum Gasteiger partial charge on any atom is -0.508 e. The van der Waals surface area contributed by atoms with E-state index in [1.165, 1.54) is 30.3 Å². The summed E-state index contributed by atoms with van der Waals surface area (Å²) in [4.78, 5) is 45.3. The van der Waals surface area contributed by atoms with Gasteiger partial charge < -0.3 is 36.5 Å². The highest BCUT2D eigenvalue weighted by Gasteiger charge is 2.46. The third-order valence-electron chi connectivity index (χ3n) is 9.49. The number of amides is 3. The van der Waals surface area contributed by atoms with Gasteiger partial charge in [0.2, 0.25) is 11.8 Å². The van der Waals surface area contributed by atoms with Crippen molar-refractivity contribution in [2.75, 3.05) is 0 Å². The third kappa shape index (κ3) is 8.92. The summed E-state index contributed by atoms with van der Waals surface area (Å²) in [6.45, 7) is 3.53. The van der Waals surface area contributed by atoms with Gasteiger partial charge in [-0.3, -0.25) is 9.59 Å². The van der Waals surface area contributed by atoms with Crippen molar-refractivity contribution in [1.29, 1.82) is 0 Å². The van der Waals surface area contributed by atoms with Crippen LogP contribution in [0.15, 0.2) is 60.7 Å². The SMILES string of the molecule is CC[C@H](C)[C@H](NC(=O)[C@@]1(NC(=O)C(CCc2ccc(O)cc2)NC(=O)OCc2ccccc2F)CCc2[nH]c3c(Cl)cc(Cl)cc3c2C1)C(N)=S. The standard InChI is InChI=1S/C37H40Cl2FN5O5S/c1-3-20(2)31(33(41)51)44-35(48)37(15-14-29-26(18-37)25-16-23(38)17-27(39)32(25)42-29)45-34(47)30(13-10-21-8-11-24(46)12-9-21)43-36(49)50-19-22-6-4-5-7-28(22)40/h4-9,11-12,16-17,20,30-31,42,46H,3,10,13-15,18-19H2,1-2H3,(H2,41,51)(H,43,49)(H,44,48)(H,45,47)/t20-,30?,31-,37+/m0/s1. The average molecular weight is 757 g/mol. The van der Waals surface area contributed by atoms with Crippen molar-refractivity contribution in [3.05, 3.63) is 98.9 Å². The van der Waals surface area contributed by atoms with Crippen molar-refractivity contribution >= 4 is 69.2 Å². The number of aromatic nitrogens is 1. The highest BCUT2D eigenvalue weighted by atomic mass is 35.5. The molecule has 4 atom stereocenters. The molecular formula is C37H40Cl2FN5O5S. The highest BCUT2D eigenvalue weighted by Crippen LogP contribution is 2.38. The summed E-state index contributed by atoms with van der Waals surface area (Å²) >= 11 is 18.3. The molecule has 1 heterocycles. The number of aryl methyl sites for hydroxylation is 2. The largest absolute Gasteiger partial charge is 0.508 e. The number of alkyl carbamates (subject to hydrolysis) is 1. The van der Waals surface area contributed by atoms with Gasteiger partial charge in [-0.1, -0.05) is 86.0 Å². The molecule has 1 unspecified atom stereocenters. The number of nitrogens with two attached hydrogens (primary N) is 1. The monoisotopic (exact) mass is 755 g/mol. The molecule has 270 valence electrons. The van der Waals surface area contributed by atoms with Gasteiger partial charge in [-0.05, 0) is 73.1 Å². The maximum atomic E-state index is 14.5. The Balaban J connectivity index is 1.46. The van der Waals surface area contributed by atoms with Gasteiger partial charge >= 0.3 is 6.09 Å². The van der Waals surface area contributed by atoms with Crippen LogP contribution in [0.1, 0.15) is 55.5 Å². The number of hydrogen-bond acceptors (Lipinski definition) is 6. The zero-order chi connectivity index (χ0) is 36.9. The van der Waals surface area contributed by atoms with E-state index >= 15 is 0 Å². The van der Waals surface area contributed by atoms with Crippen molar-refractivity contribution in [3.63, 3.8) is 0 Å². The van der Waals surface area contributed by atoms with Crippen LogP contribution in [0.2, 0.25) is 10.0 Å². The van der Waals surface area contributed by atoms with E-state index in [1.54, 1.807) is 30.3 Å². The van der Waals surface area contributed by atoms with Gasteiger partial charge in [-0.15, -0.1) is 0 Å². The molecule has 0 spiro atoms. The first-order valence-corrected chi connectivity index (χ1v) is 17.8. The number of benzene rings is 3. The Bertz CT molecular complexity index is 1940. The van der Waals surface area contributed by atoms with E-state index in [-0.39, 0.29) is 48.1 Å². The Morgan fingerprint density at radius 2 is 1.84 bits per heavy atom. The lowest BCUT2D eigenvalue weighted by Crippen LogP contribution is -2.66. The normalized spacial score (nSPS) is 17.1. The molecule has 0 bridgehead atoms. The Kier molecular flexibility index (Phi) is 12.1. The molecule has 3 aromatic carbocycles. The molecule has 14 heteroatoms. The van der Waals surface area contributed by atoms with Crippen LogP contribution >= 0.6 is 35.4 Å². The number of ether oxygens (including phenoxy) is 1. The fourth-order valence-electron chi connectivity index (χ4n) is 6.35. The van der Waals surface area contributed by atoms with Gasteiger partial charge in [0.05, 0.1) is 21.6 Å².